The van der Waals surface area contributed by atoms with Crippen LogP contribution in [0.3, 0.4) is 0 Å². The van der Waals surface area contributed by atoms with Crippen molar-refractivity contribution in [2.75, 3.05) is 0 Å². The summed E-state index contributed by atoms with van der Waals surface area (Å²) >= 11 is 4.73. The molecule has 4 rings (SSSR count). The van der Waals surface area contributed by atoms with Gasteiger partial charge >= 0.3 is 5.56 Å². The summed E-state index contributed by atoms with van der Waals surface area (Å²) in [6.07, 6.45) is 0. The molecule has 0 fully saturated rings. The summed E-state index contributed by atoms with van der Waals surface area (Å²) in [5, 5.41) is 24.4. The summed E-state index contributed by atoms with van der Waals surface area (Å²) in [5.74, 6) is 0. The number of aryl methyl sites for hydroxylation is 2. The highest BCUT2D eigenvalue weighted by molar-refractivity contribution is 9.10. The van der Waals surface area contributed by atoms with Crippen LogP contribution in [0.2, 0.25) is 0 Å². The van der Waals surface area contributed by atoms with Gasteiger partial charge in [0.25, 0.3) is 5.69 Å². The third-order valence-electron chi connectivity index (χ3n) is 4.52. The van der Waals surface area contributed by atoms with Crippen molar-refractivity contribution >= 4 is 44.3 Å². The molecule has 0 amide bonds. The van der Waals surface area contributed by atoms with Crippen LogP contribution in [-0.4, -0.2) is 19.7 Å². The molecule has 156 valence electrons. The van der Waals surface area contributed by atoms with E-state index >= 15 is 0 Å². The van der Waals surface area contributed by atoms with Crippen molar-refractivity contribution in [3.63, 3.8) is 0 Å². The predicted molar refractivity (Wildman–Crippen MR) is 122 cm³/mol. The summed E-state index contributed by atoms with van der Waals surface area (Å²) in [6, 6.07) is 12.0. The summed E-state index contributed by atoms with van der Waals surface area (Å²) in [5.41, 5.74) is 2.86. The van der Waals surface area contributed by atoms with Gasteiger partial charge in [-0.15, -0.1) is 21.6 Å². The molecule has 0 unspecified atom stereocenters. The van der Waals surface area contributed by atoms with Crippen LogP contribution < -0.4 is 5.56 Å². The highest BCUT2D eigenvalue weighted by atomic mass is 79.9. The lowest BCUT2D eigenvalue weighted by atomic mass is 10.2. The highest BCUT2D eigenvalue weighted by Crippen LogP contribution is 2.28. The van der Waals surface area contributed by atoms with Crippen molar-refractivity contribution in [1.29, 1.82) is 0 Å². The van der Waals surface area contributed by atoms with Crippen molar-refractivity contribution in [2.24, 2.45) is 10.2 Å². The SMILES string of the molecule is Cc1ccc([N+](=O)[O-])cc1N=Nc1c(C)[nH]n(-c2nc(-c3ccc(Br)cc3)cs2)c1=O. The van der Waals surface area contributed by atoms with Gasteiger partial charge in [0.05, 0.1) is 22.0 Å². The number of nitro groups is 1. The molecule has 0 saturated heterocycles. The number of aromatic amines is 1. The van der Waals surface area contributed by atoms with E-state index in [9.17, 15) is 14.9 Å². The molecule has 2 aromatic carbocycles. The molecular weight excluding hydrogens is 484 g/mol. The Labute approximate surface area is 188 Å². The molecule has 0 bridgehead atoms. The second kappa shape index (κ2) is 8.36. The van der Waals surface area contributed by atoms with E-state index in [1.807, 2.05) is 29.6 Å². The Bertz CT molecular complexity index is 1370. The fourth-order valence-electron chi connectivity index (χ4n) is 2.83. The first-order valence-corrected chi connectivity index (χ1v) is 10.7. The van der Waals surface area contributed by atoms with Gasteiger partial charge in [0.15, 0.2) is 5.69 Å². The van der Waals surface area contributed by atoms with Crippen molar-refractivity contribution in [3.8, 4) is 16.4 Å². The first-order valence-electron chi connectivity index (χ1n) is 9.04. The first-order chi connectivity index (χ1) is 14.8. The molecule has 31 heavy (non-hydrogen) atoms. The number of H-pyrrole nitrogens is 1. The average molecular weight is 499 g/mol. The fraction of sp³-hybridized carbons (Fsp3) is 0.100. The van der Waals surface area contributed by atoms with Gasteiger partial charge in [0.1, 0.15) is 0 Å². The number of thiazole rings is 1. The Morgan fingerprint density at radius 3 is 2.61 bits per heavy atom. The number of hydrogen-bond donors (Lipinski definition) is 1. The Kier molecular flexibility index (Phi) is 5.61. The smallest absolute Gasteiger partial charge is 0.291 e. The quantitative estimate of drug-likeness (QED) is 0.206. The second-order valence-electron chi connectivity index (χ2n) is 6.68. The van der Waals surface area contributed by atoms with Crippen LogP contribution in [0.4, 0.5) is 17.1 Å². The Morgan fingerprint density at radius 2 is 1.90 bits per heavy atom. The Hall–Kier alpha value is -3.44. The summed E-state index contributed by atoms with van der Waals surface area (Å²) < 4.78 is 2.29. The summed E-state index contributed by atoms with van der Waals surface area (Å²) in [4.78, 5) is 27.9. The van der Waals surface area contributed by atoms with E-state index in [-0.39, 0.29) is 11.4 Å². The molecule has 9 nitrogen and oxygen atoms in total. The average Bonchev–Trinajstić information content (AvgIpc) is 3.33. The van der Waals surface area contributed by atoms with E-state index in [1.54, 1.807) is 19.9 Å². The lowest BCUT2D eigenvalue weighted by Crippen LogP contribution is -2.13. The first kappa shape index (κ1) is 20.8. The molecule has 4 aromatic rings. The monoisotopic (exact) mass is 498 g/mol. The van der Waals surface area contributed by atoms with Gasteiger partial charge in [-0.2, -0.15) is 4.68 Å². The predicted octanol–water partition coefficient (Wildman–Crippen LogP) is 5.99. The van der Waals surface area contributed by atoms with Crippen molar-refractivity contribution in [2.45, 2.75) is 13.8 Å². The molecule has 2 heterocycles. The van der Waals surface area contributed by atoms with Gasteiger partial charge in [0, 0.05) is 27.5 Å². The number of nitro benzene ring substituents is 1. The zero-order valence-electron chi connectivity index (χ0n) is 16.4. The molecule has 0 aliphatic carbocycles. The number of halogens is 1. The third-order valence-corrected chi connectivity index (χ3v) is 5.88. The largest absolute Gasteiger partial charge is 0.301 e. The number of nitrogens with one attached hydrogen (secondary N) is 1. The normalized spacial score (nSPS) is 11.3. The molecule has 2 aromatic heterocycles. The van der Waals surface area contributed by atoms with Gasteiger partial charge < -0.3 is 0 Å². The van der Waals surface area contributed by atoms with Crippen molar-refractivity contribution in [3.05, 3.63) is 84.0 Å². The van der Waals surface area contributed by atoms with E-state index in [4.69, 9.17) is 0 Å². The number of non-ortho nitro benzene ring substituents is 1. The van der Waals surface area contributed by atoms with E-state index in [0.29, 0.717) is 22.1 Å². The minimum atomic E-state index is -0.502. The molecular formula is C20H15BrN6O3S. The van der Waals surface area contributed by atoms with Gasteiger partial charge in [-0.1, -0.05) is 34.1 Å². The number of hydrogen-bond acceptors (Lipinski definition) is 7. The minimum Gasteiger partial charge on any atom is -0.291 e. The van der Waals surface area contributed by atoms with Gasteiger partial charge in [0.2, 0.25) is 5.13 Å². The molecule has 0 spiro atoms. The zero-order valence-corrected chi connectivity index (χ0v) is 18.8. The maximum atomic E-state index is 12.9. The molecule has 1 N–H and O–H groups in total. The Morgan fingerprint density at radius 1 is 1.16 bits per heavy atom. The topological polar surface area (TPSA) is 119 Å². The number of nitrogens with zero attached hydrogens (tertiary/aromatic N) is 5. The highest BCUT2D eigenvalue weighted by Gasteiger charge is 2.16. The zero-order chi connectivity index (χ0) is 22.1. The molecule has 0 aliphatic heterocycles. The van der Waals surface area contributed by atoms with Crippen LogP contribution in [-0.2, 0) is 0 Å². The lowest BCUT2D eigenvalue weighted by Gasteiger charge is -1.98. The van der Waals surface area contributed by atoms with Crippen LogP contribution in [0, 0.1) is 24.0 Å². The van der Waals surface area contributed by atoms with E-state index < -0.39 is 10.5 Å². The minimum absolute atomic E-state index is 0.0917. The van der Waals surface area contributed by atoms with Crippen LogP contribution in [0.25, 0.3) is 16.4 Å². The maximum absolute atomic E-state index is 12.9. The summed E-state index contributed by atoms with van der Waals surface area (Å²) in [7, 11) is 0. The van der Waals surface area contributed by atoms with Gasteiger partial charge in [-0.05, 0) is 31.5 Å². The number of benzene rings is 2. The fourth-order valence-corrected chi connectivity index (χ4v) is 3.89. The van der Waals surface area contributed by atoms with Crippen LogP contribution in [0.1, 0.15) is 11.3 Å². The molecule has 0 aliphatic rings. The summed E-state index contributed by atoms with van der Waals surface area (Å²) in [6.45, 7) is 3.47. The molecule has 11 heteroatoms. The second-order valence-corrected chi connectivity index (χ2v) is 8.43. The van der Waals surface area contributed by atoms with Gasteiger partial charge in [-0.3, -0.25) is 20.0 Å². The van der Waals surface area contributed by atoms with E-state index in [1.165, 1.54) is 28.2 Å². The Balaban J connectivity index is 1.67. The number of aromatic nitrogens is 3. The van der Waals surface area contributed by atoms with Crippen molar-refractivity contribution in [1.82, 2.24) is 14.8 Å². The van der Waals surface area contributed by atoms with Crippen LogP contribution in [0.15, 0.2) is 67.3 Å². The number of azo groups is 1. The number of rotatable bonds is 5. The molecule has 0 atom stereocenters. The molecule has 0 radical (unpaired) electrons. The van der Waals surface area contributed by atoms with E-state index in [0.717, 1.165) is 15.7 Å². The third kappa shape index (κ3) is 4.23. The maximum Gasteiger partial charge on any atom is 0.301 e. The van der Waals surface area contributed by atoms with Crippen LogP contribution in [0.5, 0.6) is 0 Å². The van der Waals surface area contributed by atoms with Crippen LogP contribution >= 0.6 is 27.3 Å². The van der Waals surface area contributed by atoms with Crippen molar-refractivity contribution < 1.29 is 4.92 Å². The standard InChI is InChI=1S/C20H15BrN6O3S/c1-11-3-8-15(27(29)30)9-16(11)23-24-18-12(2)25-26(19(18)28)20-22-17(10-31-20)13-4-6-14(21)7-5-13/h3-10,25H,1-2H3. The van der Waals surface area contributed by atoms with Gasteiger partial charge in [-0.25, -0.2) is 4.98 Å². The molecule has 0 saturated carbocycles. The van der Waals surface area contributed by atoms with E-state index in [2.05, 4.69) is 36.2 Å². The lowest BCUT2D eigenvalue weighted by molar-refractivity contribution is -0.384.